The summed E-state index contributed by atoms with van der Waals surface area (Å²) >= 11 is 6.22. The first-order valence-corrected chi connectivity index (χ1v) is 8.65. The fourth-order valence-corrected chi connectivity index (χ4v) is 3.10. The van der Waals surface area contributed by atoms with E-state index >= 15 is 0 Å². The minimum atomic E-state index is -0.398. The SMILES string of the molecule is COc1ccc(/C=C2\SC(=O)N(CCNC(=O)CCl)C2=O)cc1OC. The monoisotopic (exact) mass is 384 g/mol. The van der Waals surface area contributed by atoms with Crippen LogP contribution >= 0.6 is 23.4 Å². The number of rotatable bonds is 7. The molecule has 3 amide bonds. The van der Waals surface area contributed by atoms with Gasteiger partial charge in [-0.3, -0.25) is 19.3 Å². The first-order chi connectivity index (χ1) is 12.0. The summed E-state index contributed by atoms with van der Waals surface area (Å²) in [6.45, 7) is 0.254. The zero-order valence-corrected chi connectivity index (χ0v) is 15.3. The van der Waals surface area contributed by atoms with Crippen molar-refractivity contribution in [2.45, 2.75) is 0 Å². The normalized spacial score (nSPS) is 15.6. The Balaban J connectivity index is 2.10. The van der Waals surface area contributed by atoms with Gasteiger partial charge in [0.05, 0.1) is 19.1 Å². The Hall–Kier alpha value is -2.19. The molecule has 1 aliphatic rings. The molecule has 0 bridgehead atoms. The zero-order valence-electron chi connectivity index (χ0n) is 13.7. The number of halogens is 1. The number of methoxy groups -OCH3 is 2. The highest BCUT2D eigenvalue weighted by atomic mass is 35.5. The summed E-state index contributed by atoms with van der Waals surface area (Å²) in [5.41, 5.74) is 0.707. The molecule has 7 nitrogen and oxygen atoms in total. The topological polar surface area (TPSA) is 84.9 Å². The molecule has 1 fully saturated rings. The molecule has 0 aromatic heterocycles. The van der Waals surface area contributed by atoms with Gasteiger partial charge in [0, 0.05) is 13.1 Å². The van der Waals surface area contributed by atoms with Crippen LogP contribution in [0.2, 0.25) is 0 Å². The van der Waals surface area contributed by atoms with Crippen LogP contribution in [0.15, 0.2) is 23.1 Å². The van der Waals surface area contributed by atoms with Crippen LogP contribution < -0.4 is 14.8 Å². The standard InChI is InChI=1S/C16H17ClN2O5S/c1-23-11-4-3-10(7-12(11)24-2)8-13-15(21)19(16(22)25-13)6-5-18-14(20)9-17/h3-4,7-8H,5-6,9H2,1-2H3,(H,18,20)/b13-8-. The van der Waals surface area contributed by atoms with E-state index in [9.17, 15) is 14.4 Å². The summed E-state index contributed by atoms with van der Waals surface area (Å²) < 4.78 is 10.4. The Labute approximate surface area is 154 Å². The van der Waals surface area contributed by atoms with Crippen LogP contribution in [0.25, 0.3) is 6.08 Å². The van der Waals surface area contributed by atoms with E-state index in [4.69, 9.17) is 21.1 Å². The van der Waals surface area contributed by atoms with Gasteiger partial charge in [-0.05, 0) is 35.5 Å². The van der Waals surface area contributed by atoms with Crippen LogP contribution in [0.5, 0.6) is 11.5 Å². The molecule has 134 valence electrons. The van der Waals surface area contributed by atoms with Crippen LogP contribution in [-0.4, -0.2) is 55.1 Å². The minimum Gasteiger partial charge on any atom is -0.493 e. The fourth-order valence-electron chi connectivity index (χ4n) is 2.14. The largest absolute Gasteiger partial charge is 0.493 e. The molecular formula is C16H17ClN2O5S. The number of thioether (sulfide) groups is 1. The van der Waals surface area contributed by atoms with Crippen LogP contribution in [0.3, 0.4) is 0 Å². The van der Waals surface area contributed by atoms with Gasteiger partial charge in [0.1, 0.15) is 5.88 Å². The maximum Gasteiger partial charge on any atom is 0.293 e. The number of hydrogen-bond acceptors (Lipinski definition) is 6. The van der Waals surface area contributed by atoms with Crippen molar-refractivity contribution in [2.24, 2.45) is 0 Å². The molecule has 25 heavy (non-hydrogen) atoms. The van der Waals surface area contributed by atoms with E-state index in [-0.39, 0.29) is 30.1 Å². The van der Waals surface area contributed by atoms with Crippen molar-refractivity contribution in [3.05, 3.63) is 28.7 Å². The number of imide groups is 1. The number of ether oxygens (including phenoxy) is 2. The van der Waals surface area contributed by atoms with Gasteiger partial charge < -0.3 is 14.8 Å². The predicted molar refractivity (Wildman–Crippen MR) is 96.0 cm³/mol. The third kappa shape index (κ3) is 4.67. The highest BCUT2D eigenvalue weighted by Crippen LogP contribution is 2.34. The number of alkyl halides is 1. The quantitative estimate of drug-likeness (QED) is 0.572. The lowest BCUT2D eigenvalue weighted by Crippen LogP contribution is -2.37. The Kier molecular flexibility index (Phi) is 6.72. The van der Waals surface area contributed by atoms with E-state index in [1.54, 1.807) is 24.3 Å². The van der Waals surface area contributed by atoms with Crippen molar-refractivity contribution in [1.82, 2.24) is 10.2 Å². The van der Waals surface area contributed by atoms with E-state index in [0.29, 0.717) is 22.0 Å². The number of nitrogens with zero attached hydrogens (tertiary/aromatic N) is 1. The number of nitrogens with one attached hydrogen (secondary N) is 1. The molecule has 0 radical (unpaired) electrons. The van der Waals surface area contributed by atoms with Gasteiger partial charge in [0.25, 0.3) is 11.1 Å². The second kappa shape index (κ2) is 8.77. The molecule has 1 heterocycles. The maximum atomic E-state index is 12.4. The fraction of sp³-hybridized carbons (Fsp3) is 0.312. The molecule has 9 heteroatoms. The maximum absolute atomic E-state index is 12.4. The summed E-state index contributed by atoms with van der Waals surface area (Å²) in [6.07, 6.45) is 1.62. The molecule has 0 saturated carbocycles. The van der Waals surface area contributed by atoms with E-state index in [2.05, 4.69) is 5.32 Å². The molecule has 0 unspecified atom stereocenters. The Bertz CT molecular complexity index is 722. The Morgan fingerprint density at radius 3 is 2.64 bits per heavy atom. The number of benzene rings is 1. The van der Waals surface area contributed by atoms with Gasteiger partial charge in [-0.15, -0.1) is 11.6 Å². The zero-order chi connectivity index (χ0) is 18.4. The molecule has 1 aromatic carbocycles. The molecule has 0 atom stereocenters. The van der Waals surface area contributed by atoms with Gasteiger partial charge in [0.2, 0.25) is 5.91 Å². The number of carbonyl (C=O) groups is 3. The lowest BCUT2D eigenvalue weighted by molar-refractivity contribution is -0.123. The molecule has 1 N–H and O–H groups in total. The van der Waals surface area contributed by atoms with Crippen LogP contribution in [-0.2, 0) is 9.59 Å². The van der Waals surface area contributed by atoms with Gasteiger partial charge >= 0.3 is 0 Å². The molecule has 1 aromatic rings. The Morgan fingerprint density at radius 1 is 1.28 bits per heavy atom. The second-order valence-corrected chi connectivity index (χ2v) is 6.19. The minimum absolute atomic E-state index is 0.0938. The van der Waals surface area contributed by atoms with Crippen molar-refractivity contribution < 1.29 is 23.9 Å². The van der Waals surface area contributed by atoms with E-state index in [1.165, 1.54) is 14.2 Å². The molecule has 0 aliphatic carbocycles. The summed E-state index contributed by atoms with van der Waals surface area (Å²) in [5, 5.41) is 2.14. The number of carbonyl (C=O) groups excluding carboxylic acids is 3. The highest BCUT2D eigenvalue weighted by molar-refractivity contribution is 8.18. The summed E-state index contributed by atoms with van der Waals surface area (Å²) in [5.74, 6) is 0.183. The summed E-state index contributed by atoms with van der Waals surface area (Å²) in [7, 11) is 3.05. The number of hydrogen-bond donors (Lipinski definition) is 1. The lowest BCUT2D eigenvalue weighted by Gasteiger charge is -2.12. The van der Waals surface area contributed by atoms with Crippen molar-refractivity contribution in [1.29, 1.82) is 0 Å². The van der Waals surface area contributed by atoms with Crippen molar-refractivity contribution >= 4 is 46.5 Å². The van der Waals surface area contributed by atoms with Crippen molar-refractivity contribution in [2.75, 3.05) is 33.2 Å². The van der Waals surface area contributed by atoms with Crippen LogP contribution in [0, 0.1) is 0 Å². The van der Waals surface area contributed by atoms with E-state index in [0.717, 1.165) is 16.7 Å². The molecule has 0 spiro atoms. The predicted octanol–water partition coefficient (Wildman–Crippen LogP) is 2.10. The summed E-state index contributed by atoms with van der Waals surface area (Å²) in [4.78, 5) is 36.9. The summed E-state index contributed by atoms with van der Waals surface area (Å²) in [6, 6.07) is 5.19. The smallest absolute Gasteiger partial charge is 0.293 e. The van der Waals surface area contributed by atoms with Crippen molar-refractivity contribution in [3.63, 3.8) is 0 Å². The first-order valence-electron chi connectivity index (χ1n) is 7.30. The Morgan fingerprint density at radius 2 is 2.00 bits per heavy atom. The molecule has 2 rings (SSSR count). The number of amides is 3. The molecular weight excluding hydrogens is 368 g/mol. The lowest BCUT2D eigenvalue weighted by atomic mass is 10.2. The van der Waals surface area contributed by atoms with Gasteiger partial charge in [0.15, 0.2) is 11.5 Å². The molecule has 1 saturated heterocycles. The third-order valence-corrected chi connectivity index (χ3v) is 4.51. The highest BCUT2D eigenvalue weighted by Gasteiger charge is 2.34. The van der Waals surface area contributed by atoms with Gasteiger partial charge in [-0.25, -0.2) is 0 Å². The van der Waals surface area contributed by atoms with E-state index < -0.39 is 5.91 Å². The van der Waals surface area contributed by atoms with Crippen LogP contribution in [0.4, 0.5) is 4.79 Å². The van der Waals surface area contributed by atoms with Crippen molar-refractivity contribution in [3.8, 4) is 11.5 Å². The van der Waals surface area contributed by atoms with Gasteiger partial charge in [-0.2, -0.15) is 0 Å². The average Bonchev–Trinajstić information content (AvgIpc) is 2.88. The van der Waals surface area contributed by atoms with Gasteiger partial charge in [-0.1, -0.05) is 6.07 Å². The third-order valence-electron chi connectivity index (χ3n) is 3.36. The molecule has 1 aliphatic heterocycles. The first kappa shape index (κ1) is 19.1. The van der Waals surface area contributed by atoms with E-state index in [1.807, 2.05) is 0 Å². The second-order valence-electron chi connectivity index (χ2n) is 4.93. The average molecular weight is 385 g/mol. The van der Waals surface area contributed by atoms with Crippen LogP contribution in [0.1, 0.15) is 5.56 Å².